The molecule has 0 spiro atoms. The summed E-state index contributed by atoms with van der Waals surface area (Å²) in [6.07, 6.45) is 7.07. The first-order valence-corrected chi connectivity index (χ1v) is 6.23. The summed E-state index contributed by atoms with van der Waals surface area (Å²) in [5, 5.41) is 0. The fourth-order valence-corrected chi connectivity index (χ4v) is 2.97. The molecule has 0 aromatic carbocycles. The maximum absolute atomic E-state index is 6.02. The number of likely N-dealkylation sites (tertiary alicyclic amines) is 1. The lowest BCUT2D eigenvalue weighted by Crippen LogP contribution is -2.47. The predicted octanol–water partition coefficient (Wildman–Crippen LogP) is 1.85. The molecule has 2 fully saturated rings. The van der Waals surface area contributed by atoms with E-state index in [2.05, 4.69) is 11.8 Å². The van der Waals surface area contributed by atoms with E-state index in [-0.39, 0.29) is 0 Å². The summed E-state index contributed by atoms with van der Waals surface area (Å²) in [6, 6.07) is 0.454. The number of rotatable bonds is 2. The number of piperidine rings is 1. The lowest BCUT2D eigenvalue weighted by Gasteiger charge is -2.36. The first-order chi connectivity index (χ1) is 6.75. The Bertz CT molecular complexity index is 175. The van der Waals surface area contributed by atoms with Crippen molar-refractivity contribution < 1.29 is 0 Å². The van der Waals surface area contributed by atoms with Crippen molar-refractivity contribution in [3.05, 3.63) is 0 Å². The van der Waals surface area contributed by atoms with Crippen molar-refractivity contribution in [2.75, 3.05) is 19.6 Å². The average molecular weight is 196 g/mol. The zero-order valence-electron chi connectivity index (χ0n) is 9.41. The molecular weight excluding hydrogens is 172 g/mol. The largest absolute Gasteiger partial charge is 0.327 e. The SMILES string of the molecule is CC1CN(CC2CCCC2)CCC1N. The van der Waals surface area contributed by atoms with E-state index in [1.54, 1.807) is 0 Å². The lowest BCUT2D eigenvalue weighted by atomic mass is 9.94. The standard InChI is InChI=1S/C12H24N2/c1-10-8-14(7-6-12(10)13)9-11-4-2-3-5-11/h10-12H,2-9,13H2,1H3. The van der Waals surface area contributed by atoms with Gasteiger partial charge in [-0.25, -0.2) is 0 Å². The minimum atomic E-state index is 0.454. The van der Waals surface area contributed by atoms with E-state index in [1.165, 1.54) is 51.7 Å². The molecule has 2 heteroatoms. The molecule has 1 aliphatic heterocycles. The van der Waals surface area contributed by atoms with Gasteiger partial charge in [-0.1, -0.05) is 19.8 Å². The van der Waals surface area contributed by atoms with E-state index in [4.69, 9.17) is 5.73 Å². The van der Waals surface area contributed by atoms with E-state index in [9.17, 15) is 0 Å². The van der Waals surface area contributed by atoms with Gasteiger partial charge >= 0.3 is 0 Å². The summed E-state index contributed by atoms with van der Waals surface area (Å²) in [5.74, 6) is 1.70. The van der Waals surface area contributed by atoms with Gasteiger partial charge < -0.3 is 10.6 Å². The number of nitrogens with two attached hydrogens (primary N) is 1. The first-order valence-electron chi connectivity index (χ1n) is 6.23. The van der Waals surface area contributed by atoms with E-state index >= 15 is 0 Å². The van der Waals surface area contributed by atoms with E-state index in [1.807, 2.05) is 0 Å². The third kappa shape index (κ3) is 2.48. The molecule has 1 heterocycles. The molecule has 1 saturated carbocycles. The van der Waals surface area contributed by atoms with Gasteiger partial charge in [0, 0.05) is 19.1 Å². The summed E-state index contributed by atoms with van der Waals surface area (Å²) >= 11 is 0. The van der Waals surface area contributed by atoms with Gasteiger partial charge in [0.25, 0.3) is 0 Å². The van der Waals surface area contributed by atoms with Crippen LogP contribution >= 0.6 is 0 Å². The van der Waals surface area contributed by atoms with Crippen LogP contribution < -0.4 is 5.73 Å². The summed E-state index contributed by atoms with van der Waals surface area (Å²) in [6.45, 7) is 6.11. The maximum Gasteiger partial charge on any atom is 0.00889 e. The molecule has 2 atom stereocenters. The van der Waals surface area contributed by atoms with Gasteiger partial charge in [-0.3, -0.25) is 0 Å². The monoisotopic (exact) mass is 196 g/mol. The first kappa shape index (κ1) is 10.4. The highest BCUT2D eigenvalue weighted by atomic mass is 15.1. The van der Waals surface area contributed by atoms with E-state index < -0.39 is 0 Å². The Balaban J connectivity index is 1.75. The number of nitrogens with zero attached hydrogens (tertiary/aromatic N) is 1. The Morgan fingerprint density at radius 1 is 1.21 bits per heavy atom. The van der Waals surface area contributed by atoms with Crippen molar-refractivity contribution >= 4 is 0 Å². The van der Waals surface area contributed by atoms with Crippen molar-refractivity contribution in [3.63, 3.8) is 0 Å². The fraction of sp³-hybridized carbons (Fsp3) is 1.00. The van der Waals surface area contributed by atoms with Crippen LogP contribution in [0.25, 0.3) is 0 Å². The molecule has 2 nitrogen and oxygen atoms in total. The van der Waals surface area contributed by atoms with Crippen LogP contribution in [0.15, 0.2) is 0 Å². The Morgan fingerprint density at radius 2 is 1.93 bits per heavy atom. The lowest BCUT2D eigenvalue weighted by molar-refractivity contribution is 0.144. The summed E-state index contributed by atoms with van der Waals surface area (Å²) in [5.41, 5.74) is 6.02. The molecule has 2 rings (SSSR count). The summed E-state index contributed by atoms with van der Waals surface area (Å²) in [7, 11) is 0. The normalized spacial score (nSPS) is 36.4. The zero-order chi connectivity index (χ0) is 9.97. The molecule has 2 N–H and O–H groups in total. The van der Waals surface area contributed by atoms with Gasteiger partial charge in [0.1, 0.15) is 0 Å². The molecule has 0 bridgehead atoms. The quantitative estimate of drug-likeness (QED) is 0.730. The van der Waals surface area contributed by atoms with Crippen LogP contribution in [0.2, 0.25) is 0 Å². The smallest absolute Gasteiger partial charge is 0.00889 e. The van der Waals surface area contributed by atoms with Gasteiger partial charge in [-0.2, -0.15) is 0 Å². The second-order valence-electron chi connectivity index (χ2n) is 5.34. The van der Waals surface area contributed by atoms with Crippen molar-refractivity contribution in [2.24, 2.45) is 17.6 Å². The van der Waals surface area contributed by atoms with E-state index in [0.29, 0.717) is 12.0 Å². The highest BCUT2D eigenvalue weighted by Gasteiger charge is 2.25. The van der Waals surface area contributed by atoms with Crippen LogP contribution in [0.1, 0.15) is 39.0 Å². The van der Waals surface area contributed by atoms with Crippen molar-refractivity contribution in [3.8, 4) is 0 Å². The van der Waals surface area contributed by atoms with Gasteiger partial charge in [0.2, 0.25) is 0 Å². The summed E-state index contributed by atoms with van der Waals surface area (Å²) in [4.78, 5) is 2.64. The average Bonchev–Trinajstić information content (AvgIpc) is 2.64. The summed E-state index contributed by atoms with van der Waals surface area (Å²) < 4.78 is 0. The Hall–Kier alpha value is -0.0800. The fourth-order valence-electron chi connectivity index (χ4n) is 2.97. The number of hydrogen-bond acceptors (Lipinski definition) is 2. The molecule has 2 aliphatic rings. The molecule has 0 radical (unpaired) electrons. The molecule has 2 unspecified atom stereocenters. The van der Waals surface area contributed by atoms with Crippen molar-refractivity contribution in [2.45, 2.75) is 45.1 Å². The zero-order valence-corrected chi connectivity index (χ0v) is 9.41. The molecule has 1 aliphatic carbocycles. The maximum atomic E-state index is 6.02. The molecule has 14 heavy (non-hydrogen) atoms. The second-order valence-corrected chi connectivity index (χ2v) is 5.34. The van der Waals surface area contributed by atoms with Gasteiger partial charge in [0.05, 0.1) is 0 Å². The van der Waals surface area contributed by atoms with Gasteiger partial charge in [0.15, 0.2) is 0 Å². The van der Waals surface area contributed by atoms with Crippen LogP contribution in [-0.4, -0.2) is 30.6 Å². The highest BCUT2D eigenvalue weighted by Crippen LogP contribution is 2.27. The van der Waals surface area contributed by atoms with Crippen LogP contribution in [-0.2, 0) is 0 Å². The Labute approximate surface area is 87.8 Å². The minimum Gasteiger partial charge on any atom is -0.327 e. The van der Waals surface area contributed by atoms with Crippen molar-refractivity contribution in [1.29, 1.82) is 0 Å². The predicted molar refractivity (Wildman–Crippen MR) is 60.2 cm³/mol. The van der Waals surface area contributed by atoms with Crippen LogP contribution in [0, 0.1) is 11.8 Å². The van der Waals surface area contributed by atoms with Crippen molar-refractivity contribution in [1.82, 2.24) is 4.90 Å². The minimum absolute atomic E-state index is 0.454. The molecule has 82 valence electrons. The third-order valence-corrected chi connectivity index (χ3v) is 4.05. The molecule has 1 saturated heterocycles. The topological polar surface area (TPSA) is 29.3 Å². The highest BCUT2D eigenvalue weighted by molar-refractivity contribution is 4.82. The molecule has 0 aromatic heterocycles. The third-order valence-electron chi connectivity index (χ3n) is 4.05. The van der Waals surface area contributed by atoms with Gasteiger partial charge in [-0.05, 0) is 37.6 Å². The van der Waals surface area contributed by atoms with Crippen LogP contribution in [0.5, 0.6) is 0 Å². The number of hydrogen-bond donors (Lipinski definition) is 1. The Kier molecular flexibility index (Phi) is 3.45. The second kappa shape index (κ2) is 4.63. The molecular formula is C12H24N2. The molecule has 0 aromatic rings. The van der Waals surface area contributed by atoms with E-state index in [0.717, 1.165) is 5.92 Å². The van der Waals surface area contributed by atoms with Crippen LogP contribution in [0.4, 0.5) is 0 Å². The van der Waals surface area contributed by atoms with Crippen LogP contribution in [0.3, 0.4) is 0 Å². The molecule has 0 amide bonds. The Morgan fingerprint density at radius 3 is 2.57 bits per heavy atom. The van der Waals surface area contributed by atoms with Gasteiger partial charge in [-0.15, -0.1) is 0 Å².